The van der Waals surface area contributed by atoms with Crippen molar-refractivity contribution in [1.29, 1.82) is 0 Å². The zero-order valence-electron chi connectivity index (χ0n) is 11.8. The quantitative estimate of drug-likeness (QED) is 0.690. The first-order valence-electron chi connectivity index (χ1n) is 7.15. The van der Waals surface area contributed by atoms with E-state index in [0.717, 1.165) is 24.4 Å². The lowest BCUT2D eigenvalue weighted by Crippen LogP contribution is -2.19. The normalized spacial score (nSPS) is 23.5. The first-order chi connectivity index (χ1) is 9.83. The summed E-state index contributed by atoms with van der Waals surface area (Å²) in [5, 5.41) is 3.41. The highest BCUT2D eigenvalue weighted by Gasteiger charge is 2.32. The number of hydrogen-bond acceptors (Lipinski definition) is 2. The molecule has 1 N–H and O–H groups in total. The molecule has 118 valence electrons. The molecule has 0 saturated heterocycles. The number of nitrogens with one attached hydrogen (secondary N) is 1. The Kier molecular flexibility index (Phi) is 5.41. The summed E-state index contributed by atoms with van der Waals surface area (Å²) < 4.78 is 40.9. The summed E-state index contributed by atoms with van der Waals surface area (Å²) in [7, 11) is 0. The van der Waals surface area contributed by atoms with Crippen molar-refractivity contribution in [3.8, 4) is 5.75 Å². The van der Waals surface area contributed by atoms with Crippen LogP contribution in [0.2, 0.25) is 0 Å². The van der Waals surface area contributed by atoms with E-state index in [0.29, 0.717) is 10.5 Å². The van der Waals surface area contributed by atoms with Crippen LogP contribution in [0.1, 0.15) is 39.0 Å². The summed E-state index contributed by atoms with van der Waals surface area (Å²) in [6, 6.07) is 4.98. The van der Waals surface area contributed by atoms with Gasteiger partial charge in [0.15, 0.2) is 0 Å². The molecule has 0 heterocycles. The van der Waals surface area contributed by atoms with E-state index in [2.05, 4.69) is 32.9 Å². The second-order valence-electron chi connectivity index (χ2n) is 5.65. The van der Waals surface area contributed by atoms with Gasteiger partial charge >= 0.3 is 6.36 Å². The number of halogens is 4. The molecule has 1 fully saturated rings. The Morgan fingerprint density at radius 2 is 1.95 bits per heavy atom. The van der Waals surface area contributed by atoms with Crippen LogP contribution in [0.15, 0.2) is 22.7 Å². The highest BCUT2D eigenvalue weighted by molar-refractivity contribution is 9.10. The van der Waals surface area contributed by atoms with Crippen molar-refractivity contribution in [3.63, 3.8) is 0 Å². The maximum Gasteiger partial charge on any atom is 0.573 e. The van der Waals surface area contributed by atoms with Crippen LogP contribution in [0.5, 0.6) is 5.75 Å². The van der Waals surface area contributed by atoms with Gasteiger partial charge in [0.05, 0.1) is 4.47 Å². The number of alkyl halides is 3. The first kappa shape index (κ1) is 16.5. The predicted octanol–water partition coefficient (Wildman–Crippen LogP) is 5.73. The minimum atomic E-state index is -4.67. The number of anilines is 1. The lowest BCUT2D eigenvalue weighted by Gasteiger charge is -2.19. The van der Waals surface area contributed by atoms with E-state index in [1.165, 1.54) is 25.3 Å². The van der Waals surface area contributed by atoms with E-state index in [1.807, 2.05) is 0 Å². The molecule has 0 aliphatic heterocycles. The summed E-state index contributed by atoms with van der Waals surface area (Å²) in [6.07, 6.45) is 1.15. The SMILES string of the molecule is CC1CCCC(Nc2ccc(OC(F)(F)F)c(Br)c2)CC1. The van der Waals surface area contributed by atoms with Crippen molar-refractivity contribution in [2.75, 3.05) is 5.32 Å². The van der Waals surface area contributed by atoms with Crippen molar-refractivity contribution in [3.05, 3.63) is 22.7 Å². The molecule has 1 aromatic carbocycles. The van der Waals surface area contributed by atoms with Gasteiger partial charge in [-0.1, -0.05) is 19.8 Å². The van der Waals surface area contributed by atoms with Crippen molar-refractivity contribution >= 4 is 21.6 Å². The van der Waals surface area contributed by atoms with Gasteiger partial charge in [0.25, 0.3) is 0 Å². The summed E-state index contributed by atoms with van der Waals surface area (Å²) in [4.78, 5) is 0. The van der Waals surface area contributed by atoms with Gasteiger partial charge in [0, 0.05) is 11.7 Å². The fraction of sp³-hybridized carbons (Fsp3) is 0.600. The van der Waals surface area contributed by atoms with Crippen molar-refractivity contribution in [2.45, 2.75) is 51.4 Å². The van der Waals surface area contributed by atoms with Gasteiger partial charge < -0.3 is 10.1 Å². The Labute approximate surface area is 131 Å². The molecule has 1 aromatic rings. The lowest BCUT2D eigenvalue weighted by molar-refractivity contribution is -0.274. The molecule has 1 aliphatic carbocycles. The van der Waals surface area contributed by atoms with Crippen LogP contribution in [0.4, 0.5) is 18.9 Å². The van der Waals surface area contributed by atoms with E-state index in [1.54, 1.807) is 12.1 Å². The van der Waals surface area contributed by atoms with Crippen LogP contribution in [0.25, 0.3) is 0 Å². The number of benzene rings is 1. The largest absolute Gasteiger partial charge is 0.573 e. The molecule has 0 amide bonds. The molecule has 1 aliphatic rings. The van der Waals surface area contributed by atoms with Crippen LogP contribution in [-0.2, 0) is 0 Å². The molecule has 2 rings (SSSR count). The summed E-state index contributed by atoms with van der Waals surface area (Å²) in [6.45, 7) is 2.27. The van der Waals surface area contributed by atoms with Crippen molar-refractivity contribution in [2.24, 2.45) is 5.92 Å². The molecular weight excluding hydrogens is 347 g/mol. The number of hydrogen-bond donors (Lipinski definition) is 1. The maximum absolute atomic E-state index is 12.2. The van der Waals surface area contributed by atoms with Gasteiger partial charge in [-0.3, -0.25) is 0 Å². The van der Waals surface area contributed by atoms with E-state index in [4.69, 9.17) is 0 Å². The first-order valence-corrected chi connectivity index (χ1v) is 7.94. The smallest absolute Gasteiger partial charge is 0.405 e. The maximum atomic E-state index is 12.2. The molecule has 0 spiro atoms. The molecule has 2 nitrogen and oxygen atoms in total. The fourth-order valence-corrected chi connectivity index (χ4v) is 3.12. The van der Waals surface area contributed by atoms with E-state index >= 15 is 0 Å². The molecule has 1 saturated carbocycles. The minimum Gasteiger partial charge on any atom is -0.405 e. The van der Waals surface area contributed by atoms with Crippen LogP contribution < -0.4 is 10.1 Å². The third kappa shape index (κ3) is 5.41. The minimum absolute atomic E-state index is 0.220. The fourth-order valence-electron chi connectivity index (χ4n) is 2.67. The highest BCUT2D eigenvalue weighted by atomic mass is 79.9. The molecule has 0 bridgehead atoms. The summed E-state index contributed by atoms with van der Waals surface area (Å²) >= 11 is 3.12. The van der Waals surface area contributed by atoms with E-state index < -0.39 is 6.36 Å². The third-order valence-electron chi connectivity index (χ3n) is 3.79. The Hall–Kier alpha value is -0.910. The Bertz CT molecular complexity index is 478. The van der Waals surface area contributed by atoms with Crippen LogP contribution in [-0.4, -0.2) is 12.4 Å². The lowest BCUT2D eigenvalue weighted by atomic mass is 10.0. The molecule has 21 heavy (non-hydrogen) atoms. The van der Waals surface area contributed by atoms with Gasteiger partial charge in [0.2, 0.25) is 0 Å². The van der Waals surface area contributed by atoms with Crippen molar-refractivity contribution in [1.82, 2.24) is 0 Å². The second-order valence-corrected chi connectivity index (χ2v) is 6.50. The highest BCUT2D eigenvalue weighted by Crippen LogP contribution is 2.33. The second kappa shape index (κ2) is 6.90. The molecule has 6 heteroatoms. The Balaban J connectivity index is 1.99. The third-order valence-corrected chi connectivity index (χ3v) is 4.41. The predicted molar refractivity (Wildman–Crippen MR) is 80.5 cm³/mol. The standard InChI is InChI=1S/C15H19BrF3NO/c1-10-3-2-4-11(6-5-10)20-12-7-8-14(13(16)9-12)21-15(17,18)19/h7-11,20H,2-6H2,1H3. The van der Waals surface area contributed by atoms with Gasteiger partial charge in [0.1, 0.15) is 5.75 Å². The average Bonchev–Trinajstić information content (AvgIpc) is 2.57. The van der Waals surface area contributed by atoms with E-state index in [-0.39, 0.29) is 5.75 Å². The summed E-state index contributed by atoms with van der Waals surface area (Å²) in [5.74, 6) is 0.536. The van der Waals surface area contributed by atoms with Crippen LogP contribution in [0, 0.1) is 5.92 Å². The number of ether oxygens (including phenoxy) is 1. The molecule has 0 radical (unpaired) electrons. The summed E-state index contributed by atoms with van der Waals surface area (Å²) in [5.41, 5.74) is 0.816. The zero-order valence-corrected chi connectivity index (χ0v) is 13.4. The molecule has 2 atom stereocenters. The van der Waals surface area contributed by atoms with Crippen molar-refractivity contribution < 1.29 is 17.9 Å². The van der Waals surface area contributed by atoms with Gasteiger partial charge in [-0.15, -0.1) is 13.2 Å². The Morgan fingerprint density at radius 3 is 2.62 bits per heavy atom. The van der Waals surface area contributed by atoms with Gasteiger partial charge in [-0.25, -0.2) is 0 Å². The topological polar surface area (TPSA) is 21.3 Å². The molecule has 2 unspecified atom stereocenters. The van der Waals surface area contributed by atoms with Crippen LogP contribution >= 0.6 is 15.9 Å². The molecular formula is C15H19BrF3NO. The zero-order chi connectivity index (χ0) is 15.5. The van der Waals surface area contributed by atoms with E-state index in [9.17, 15) is 13.2 Å². The monoisotopic (exact) mass is 365 g/mol. The average molecular weight is 366 g/mol. The van der Waals surface area contributed by atoms with Crippen LogP contribution in [0.3, 0.4) is 0 Å². The van der Waals surface area contributed by atoms with Gasteiger partial charge in [-0.05, 0) is 59.3 Å². The molecule has 0 aromatic heterocycles. The number of rotatable bonds is 3. The van der Waals surface area contributed by atoms with Gasteiger partial charge in [-0.2, -0.15) is 0 Å². The Morgan fingerprint density at radius 1 is 1.19 bits per heavy atom.